The Kier molecular flexibility index (Phi) is 9.35. The van der Waals surface area contributed by atoms with Gasteiger partial charge in [0.15, 0.2) is 0 Å². The van der Waals surface area contributed by atoms with Gasteiger partial charge in [0, 0.05) is 75.6 Å². The average molecular weight is 609 g/mol. The van der Waals surface area contributed by atoms with Crippen LogP contribution in [0.25, 0.3) is 0 Å². The van der Waals surface area contributed by atoms with Gasteiger partial charge < -0.3 is 19.9 Å². The summed E-state index contributed by atoms with van der Waals surface area (Å²) < 4.78 is 19.2. The average Bonchev–Trinajstić information content (AvgIpc) is 3.21. The number of pyridine rings is 1. The zero-order chi connectivity index (χ0) is 31.8. The molecule has 0 aliphatic carbocycles. The highest BCUT2D eigenvalue weighted by atomic mass is 19.1. The fourth-order valence-corrected chi connectivity index (χ4v) is 6.67. The summed E-state index contributed by atoms with van der Waals surface area (Å²) >= 11 is 0. The predicted octanol–water partition coefficient (Wildman–Crippen LogP) is 4.04. The molecule has 9 nitrogen and oxygen atoms in total. The molecule has 0 spiro atoms. The number of amides is 2. The SMILES string of the molecule is C[C@@H]1CNCCN1C[C@H]1CN(C(=O)OC(C)(C)C)[C@H](C)CN1CC(=O)N1CC(C)(C)c2ncc(Cc3ccc(F)cc3)cc21. The quantitative estimate of drug-likeness (QED) is 0.530. The fourth-order valence-electron chi connectivity index (χ4n) is 6.67. The fraction of sp³-hybridized carbons (Fsp3) is 0.618. The van der Waals surface area contributed by atoms with E-state index in [9.17, 15) is 14.0 Å². The first-order valence-electron chi connectivity index (χ1n) is 15.9. The number of nitrogens with zero attached hydrogens (tertiary/aromatic N) is 5. The molecule has 3 atom stereocenters. The molecule has 10 heteroatoms. The lowest BCUT2D eigenvalue weighted by Gasteiger charge is -2.47. The number of benzene rings is 1. The number of rotatable bonds is 6. The van der Waals surface area contributed by atoms with E-state index in [-0.39, 0.29) is 41.9 Å². The van der Waals surface area contributed by atoms with Gasteiger partial charge >= 0.3 is 6.09 Å². The van der Waals surface area contributed by atoms with Crippen LogP contribution in [-0.4, -0.2) is 108 Å². The molecule has 240 valence electrons. The highest BCUT2D eigenvalue weighted by Crippen LogP contribution is 2.40. The molecule has 0 radical (unpaired) electrons. The molecule has 44 heavy (non-hydrogen) atoms. The van der Waals surface area contributed by atoms with Crippen molar-refractivity contribution < 1.29 is 18.7 Å². The van der Waals surface area contributed by atoms with Crippen molar-refractivity contribution in [2.75, 3.05) is 57.3 Å². The van der Waals surface area contributed by atoms with E-state index in [2.05, 4.69) is 42.0 Å². The Bertz CT molecular complexity index is 1340. The van der Waals surface area contributed by atoms with E-state index in [0.29, 0.717) is 32.1 Å². The molecule has 3 aliphatic rings. The maximum absolute atomic E-state index is 14.2. The van der Waals surface area contributed by atoms with Crippen LogP contribution in [0.5, 0.6) is 0 Å². The van der Waals surface area contributed by atoms with Crippen LogP contribution in [0.4, 0.5) is 14.9 Å². The molecule has 2 amide bonds. The zero-order valence-corrected chi connectivity index (χ0v) is 27.4. The van der Waals surface area contributed by atoms with Crippen LogP contribution >= 0.6 is 0 Å². The molecule has 1 aromatic carbocycles. The van der Waals surface area contributed by atoms with Crippen LogP contribution in [0.15, 0.2) is 36.5 Å². The second-order valence-corrected chi connectivity index (χ2v) is 14.5. The normalized spacial score (nSPS) is 24.3. The molecule has 2 aromatic rings. The highest BCUT2D eigenvalue weighted by Gasteiger charge is 2.42. The van der Waals surface area contributed by atoms with Gasteiger partial charge in [-0.25, -0.2) is 9.18 Å². The van der Waals surface area contributed by atoms with Crippen LogP contribution in [0.3, 0.4) is 0 Å². The summed E-state index contributed by atoms with van der Waals surface area (Å²) in [6.07, 6.45) is 2.18. The molecule has 2 saturated heterocycles. The number of ether oxygens (including phenoxy) is 1. The van der Waals surface area contributed by atoms with Crippen LogP contribution in [0.2, 0.25) is 0 Å². The molecular weight excluding hydrogens is 559 g/mol. The number of carbonyl (C=O) groups excluding carboxylic acids is 2. The Hall–Kier alpha value is -3.08. The predicted molar refractivity (Wildman–Crippen MR) is 170 cm³/mol. The third-order valence-electron chi connectivity index (χ3n) is 9.04. The summed E-state index contributed by atoms with van der Waals surface area (Å²) in [7, 11) is 0. The molecule has 0 saturated carbocycles. The smallest absolute Gasteiger partial charge is 0.410 e. The molecule has 2 fully saturated rings. The summed E-state index contributed by atoms with van der Waals surface area (Å²) in [6, 6.07) is 8.84. The second-order valence-electron chi connectivity index (χ2n) is 14.5. The maximum atomic E-state index is 14.2. The molecule has 4 heterocycles. The summed E-state index contributed by atoms with van der Waals surface area (Å²) in [4.78, 5) is 40.7. The van der Waals surface area contributed by atoms with Gasteiger partial charge in [-0.05, 0) is 70.4 Å². The van der Waals surface area contributed by atoms with Crippen LogP contribution in [0, 0.1) is 5.82 Å². The van der Waals surface area contributed by atoms with Crippen molar-refractivity contribution >= 4 is 17.7 Å². The largest absolute Gasteiger partial charge is 0.444 e. The lowest BCUT2D eigenvalue weighted by Crippen LogP contribution is -2.65. The summed E-state index contributed by atoms with van der Waals surface area (Å²) in [6.45, 7) is 19.6. The van der Waals surface area contributed by atoms with Gasteiger partial charge in [-0.15, -0.1) is 0 Å². The van der Waals surface area contributed by atoms with Gasteiger partial charge in [-0.1, -0.05) is 26.0 Å². The van der Waals surface area contributed by atoms with Crippen LogP contribution < -0.4 is 10.2 Å². The van der Waals surface area contributed by atoms with Crippen molar-refractivity contribution in [2.24, 2.45) is 0 Å². The second kappa shape index (κ2) is 12.7. The standard InChI is InChI=1S/C34H49FN6O3/c1-23-16-36-12-13-38(23)19-28-20-40(32(43)44-33(3,4)5)24(2)18-39(28)21-30(42)41-22-34(6,7)31-29(41)15-26(17-37-31)14-25-8-10-27(35)11-9-25/h8-11,15,17,23-24,28,36H,12-14,16,18-22H2,1-7H3/t23-,24-,28+/m1/s1. The number of carbonyl (C=O) groups is 2. The molecule has 0 bridgehead atoms. The van der Waals surface area contributed by atoms with E-state index in [4.69, 9.17) is 9.72 Å². The van der Waals surface area contributed by atoms with E-state index >= 15 is 0 Å². The van der Waals surface area contributed by atoms with Crippen LogP contribution in [-0.2, 0) is 21.4 Å². The summed E-state index contributed by atoms with van der Waals surface area (Å²) in [5.74, 6) is -0.223. The first kappa shape index (κ1) is 32.3. The minimum Gasteiger partial charge on any atom is -0.444 e. The van der Waals surface area contributed by atoms with E-state index in [1.165, 1.54) is 12.1 Å². The number of piperazine rings is 2. The Morgan fingerprint density at radius 2 is 1.80 bits per heavy atom. The lowest BCUT2D eigenvalue weighted by molar-refractivity contribution is -0.121. The van der Waals surface area contributed by atoms with E-state index < -0.39 is 5.60 Å². The van der Waals surface area contributed by atoms with Gasteiger partial charge in [0.05, 0.1) is 17.9 Å². The van der Waals surface area contributed by atoms with Crippen molar-refractivity contribution in [3.8, 4) is 0 Å². The third kappa shape index (κ3) is 7.41. The topological polar surface area (TPSA) is 81.2 Å². The van der Waals surface area contributed by atoms with E-state index in [1.807, 2.05) is 43.7 Å². The van der Waals surface area contributed by atoms with Gasteiger partial charge in [0.2, 0.25) is 5.91 Å². The number of nitrogens with one attached hydrogen (secondary N) is 1. The van der Waals surface area contributed by atoms with Gasteiger partial charge in [0.25, 0.3) is 0 Å². The van der Waals surface area contributed by atoms with Crippen molar-refractivity contribution in [3.63, 3.8) is 0 Å². The molecular formula is C34H49FN6O3. The van der Waals surface area contributed by atoms with Crippen molar-refractivity contribution in [3.05, 3.63) is 59.2 Å². The van der Waals surface area contributed by atoms with E-state index in [0.717, 1.165) is 48.7 Å². The molecule has 1 N–H and O–H groups in total. The van der Waals surface area contributed by atoms with Crippen LogP contribution in [0.1, 0.15) is 65.3 Å². The van der Waals surface area contributed by atoms with E-state index in [1.54, 1.807) is 12.1 Å². The molecule has 3 aliphatic heterocycles. The van der Waals surface area contributed by atoms with Gasteiger partial charge in [0.1, 0.15) is 11.4 Å². The first-order chi connectivity index (χ1) is 20.7. The van der Waals surface area contributed by atoms with Gasteiger partial charge in [-0.2, -0.15) is 0 Å². The summed E-state index contributed by atoms with van der Waals surface area (Å²) in [5.41, 5.74) is 2.89. The number of fused-ring (bicyclic) bond motifs is 1. The maximum Gasteiger partial charge on any atom is 0.410 e. The minimum absolute atomic E-state index is 0.0127. The highest BCUT2D eigenvalue weighted by molar-refractivity contribution is 5.97. The Balaban J connectivity index is 1.36. The Morgan fingerprint density at radius 1 is 1.07 bits per heavy atom. The van der Waals surface area contributed by atoms with Crippen molar-refractivity contribution in [1.29, 1.82) is 0 Å². The third-order valence-corrected chi connectivity index (χ3v) is 9.04. The Labute approximate surface area is 261 Å². The molecule has 1 aromatic heterocycles. The van der Waals surface area contributed by atoms with Crippen molar-refractivity contribution in [2.45, 2.75) is 84.0 Å². The van der Waals surface area contributed by atoms with Gasteiger partial charge in [-0.3, -0.25) is 19.6 Å². The first-order valence-corrected chi connectivity index (χ1v) is 15.9. The number of hydrogen-bond donors (Lipinski definition) is 1. The number of anilines is 1. The zero-order valence-electron chi connectivity index (χ0n) is 27.4. The minimum atomic E-state index is -0.577. The molecule has 5 rings (SSSR count). The lowest BCUT2D eigenvalue weighted by atomic mass is 9.91. The number of aromatic nitrogens is 1. The number of halogens is 1. The number of hydrogen-bond acceptors (Lipinski definition) is 7. The summed E-state index contributed by atoms with van der Waals surface area (Å²) in [5, 5.41) is 3.46. The monoisotopic (exact) mass is 608 g/mol. The molecule has 0 unspecified atom stereocenters. The van der Waals surface area contributed by atoms with Crippen molar-refractivity contribution in [1.82, 2.24) is 25.0 Å². The Morgan fingerprint density at radius 3 is 2.48 bits per heavy atom.